The molecule has 2 aliphatic rings. The molecule has 26 heavy (non-hydrogen) atoms. The second-order valence-corrected chi connectivity index (χ2v) is 7.49. The van der Waals surface area contributed by atoms with Crippen LogP contribution in [0.1, 0.15) is 52.4 Å². The molecule has 6 nitrogen and oxygen atoms in total. The zero-order valence-electron chi connectivity index (χ0n) is 16.6. The SMILES string of the molecule is CCCNC(=O)CN1CCN(C(C)C(=O)NCCC2=CCCCC2)CC1. The number of nitrogens with one attached hydrogen (secondary N) is 2. The van der Waals surface area contributed by atoms with Crippen molar-refractivity contribution < 1.29 is 9.59 Å². The maximum atomic E-state index is 12.4. The highest BCUT2D eigenvalue weighted by molar-refractivity contribution is 5.81. The molecule has 0 spiro atoms. The van der Waals surface area contributed by atoms with Crippen molar-refractivity contribution in [1.82, 2.24) is 20.4 Å². The Morgan fingerprint density at radius 2 is 1.88 bits per heavy atom. The molecule has 2 rings (SSSR count). The third-order valence-corrected chi connectivity index (χ3v) is 5.40. The van der Waals surface area contributed by atoms with Crippen molar-refractivity contribution in [3.8, 4) is 0 Å². The number of hydrogen-bond donors (Lipinski definition) is 2. The van der Waals surface area contributed by atoms with E-state index in [1.165, 1.54) is 31.3 Å². The molecule has 0 saturated carbocycles. The van der Waals surface area contributed by atoms with Crippen molar-refractivity contribution in [1.29, 1.82) is 0 Å². The van der Waals surface area contributed by atoms with Gasteiger partial charge >= 0.3 is 0 Å². The van der Waals surface area contributed by atoms with E-state index < -0.39 is 0 Å². The fraction of sp³-hybridized carbons (Fsp3) is 0.800. The molecule has 1 atom stereocenters. The summed E-state index contributed by atoms with van der Waals surface area (Å²) in [6, 6.07) is -0.105. The number of allylic oxidation sites excluding steroid dienone is 1. The monoisotopic (exact) mass is 364 g/mol. The molecule has 2 N–H and O–H groups in total. The van der Waals surface area contributed by atoms with Gasteiger partial charge in [0.05, 0.1) is 12.6 Å². The molecule has 0 aromatic heterocycles. The van der Waals surface area contributed by atoms with Gasteiger partial charge in [0, 0.05) is 39.3 Å². The molecule has 0 bridgehead atoms. The van der Waals surface area contributed by atoms with Crippen LogP contribution in [-0.4, -0.2) is 73.5 Å². The summed E-state index contributed by atoms with van der Waals surface area (Å²) >= 11 is 0. The molecule has 148 valence electrons. The fourth-order valence-electron chi connectivity index (χ4n) is 3.62. The summed E-state index contributed by atoms with van der Waals surface area (Å²) in [5.74, 6) is 0.221. The van der Waals surface area contributed by atoms with Gasteiger partial charge in [0.25, 0.3) is 0 Å². The largest absolute Gasteiger partial charge is 0.355 e. The molecule has 1 aliphatic heterocycles. The minimum absolute atomic E-state index is 0.100. The molecular formula is C20H36N4O2. The predicted molar refractivity (Wildman–Crippen MR) is 105 cm³/mol. The first-order chi connectivity index (χ1) is 12.6. The Bertz CT molecular complexity index is 484. The molecule has 1 saturated heterocycles. The number of carbonyl (C=O) groups excluding carboxylic acids is 2. The van der Waals surface area contributed by atoms with Crippen molar-refractivity contribution in [2.75, 3.05) is 45.8 Å². The van der Waals surface area contributed by atoms with E-state index in [4.69, 9.17) is 0 Å². The van der Waals surface area contributed by atoms with Gasteiger partial charge in [-0.05, 0) is 45.4 Å². The molecular weight excluding hydrogens is 328 g/mol. The normalized spacial score (nSPS) is 20.3. The maximum Gasteiger partial charge on any atom is 0.237 e. The van der Waals surface area contributed by atoms with Crippen LogP contribution in [-0.2, 0) is 9.59 Å². The summed E-state index contributed by atoms with van der Waals surface area (Å²) in [5.41, 5.74) is 1.50. The van der Waals surface area contributed by atoms with Crippen LogP contribution < -0.4 is 10.6 Å². The zero-order valence-corrected chi connectivity index (χ0v) is 16.6. The summed E-state index contributed by atoms with van der Waals surface area (Å²) in [6.45, 7) is 9.33. The lowest BCUT2D eigenvalue weighted by molar-refractivity contribution is -0.127. The summed E-state index contributed by atoms with van der Waals surface area (Å²) in [7, 11) is 0. The van der Waals surface area contributed by atoms with E-state index in [0.717, 1.165) is 52.1 Å². The van der Waals surface area contributed by atoms with Crippen LogP contribution in [0.4, 0.5) is 0 Å². The van der Waals surface area contributed by atoms with Crippen LogP contribution in [0.15, 0.2) is 11.6 Å². The summed E-state index contributed by atoms with van der Waals surface area (Å²) in [6.07, 6.45) is 9.27. The van der Waals surface area contributed by atoms with E-state index in [1.807, 2.05) is 6.92 Å². The lowest BCUT2D eigenvalue weighted by Gasteiger charge is -2.37. The number of piperazine rings is 1. The Morgan fingerprint density at radius 3 is 2.54 bits per heavy atom. The van der Waals surface area contributed by atoms with Crippen LogP contribution >= 0.6 is 0 Å². The summed E-state index contributed by atoms with van der Waals surface area (Å²) in [4.78, 5) is 28.6. The first kappa shape index (κ1) is 20.9. The van der Waals surface area contributed by atoms with Crippen molar-refractivity contribution in [3.63, 3.8) is 0 Å². The Labute approximate surface area is 158 Å². The zero-order chi connectivity index (χ0) is 18.8. The van der Waals surface area contributed by atoms with Gasteiger partial charge in [-0.15, -0.1) is 0 Å². The maximum absolute atomic E-state index is 12.4. The van der Waals surface area contributed by atoms with Gasteiger partial charge in [0.2, 0.25) is 11.8 Å². The van der Waals surface area contributed by atoms with Crippen molar-refractivity contribution >= 4 is 11.8 Å². The third-order valence-electron chi connectivity index (χ3n) is 5.40. The quantitative estimate of drug-likeness (QED) is 0.609. The van der Waals surface area contributed by atoms with Crippen LogP contribution in [0, 0.1) is 0 Å². The predicted octanol–water partition coefficient (Wildman–Crippen LogP) is 1.53. The number of hydrogen-bond acceptors (Lipinski definition) is 4. The smallest absolute Gasteiger partial charge is 0.237 e. The van der Waals surface area contributed by atoms with Crippen LogP contribution in [0.2, 0.25) is 0 Å². The standard InChI is InChI=1S/C20H36N4O2/c1-3-10-21-19(25)16-23-12-14-24(15-13-23)17(2)20(26)22-11-9-18-7-5-4-6-8-18/h7,17H,3-6,8-16H2,1-2H3,(H,21,25)(H,22,26). The molecule has 1 unspecified atom stereocenters. The molecule has 1 heterocycles. The van der Waals surface area contributed by atoms with Crippen molar-refractivity contribution in [2.24, 2.45) is 0 Å². The number of nitrogens with zero attached hydrogens (tertiary/aromatic N) is 2. The van der Waals surface area contributed by atoms with E-state index in [9.17, 15) is 9.59 Å². The van der Waals surface area contributed by atoms with Gasteiger partial charge in [-0.1, -0.05) is 18.6 Å². The fourth-order valence-corrected chi connectivity index (χ4v) is 3.62. The molecule has 0 aromatic rings. The first-order valence-corrected chi connectivity index (χ1v) is 10.3. The highest BCUT2D eigenvalue weighted by Gasteiger charge is 2.26. The van der Waals surface area contributed by atoms with Crippen LogP contribution in [0.3, 0.4) is 0 Å². The molecule has 1 aliphatic carbocycles. The number of rotatable bonds is 9. The van der Waals surface area contributed by atoms with Crippen molar-refractivity contribution in [2.45, 2.75) is 58.4 Å². The highest BCUT2D eigenvalue weighted by Crippen LogP contribution is 2.19. The summed E-state index contributed by atoms with van der Waals surface area (Å²) < 4.78 is 0. The number of amides is 2. The van der Waals surface area contributed by atoms with Crippen LogP contribution in [0.5, 0.6) is 0 Å². The molecule has 6 heteroatoms. The van der Waals surface area contributed by atoms with Gasteiger partial charge in [0.1, 0.15) is 0 Å². The molecule has 1 fully saturated rings. The Hall–Kier alpha value is -1.40. The van der Waals surface area contributed by atoms with Gasteiger partial charge in [-0.3, -0.25) is 19.4 Å². The lowest BCUT2D eigenvalue weighted by Crippen LogP contribution is -2.55. The van der Waals surface area contributed by atoms with Gasteiger partial charge in [-0.2, -0.15) is 0 Å². The van der Waals surface area contributed by atoms with E-state index in [0.29, 0.717) is 6.54 Å². The van der Waals surface area contributed by atoms with E-state index in [-0.39, 0.29) is 17.9 Å². The second-order valence-electron chi connectivity index (χ2n) is 7.49. The van der Waals surface area contributed by atoms with Gasteiger partial charge in [0.15, 0.2) is 0 Å². The molecule has 2 amide bonds. The molecule has 0 radical (unpaired) electrons. The minimum atomic E-state index is -0.105. The van der Waals surface area contributed by atoms with Crippen LogP contribution in [0.25, 0.3) is 0 Å². The Kier molecular flexibility index (Phi) is 9.12. The Balaban J connectivity index is 1.63. The van der Waals surface area contributed by atoms with E-state index in [2.05, 4.69) is 33.4 Å². The van der Waals surface area contributed by atoms with E-state index >= 15 is 0 Å². The Morgan fingerprint density at radius 1 is 1.12 bits per heavy atom. The summed E-state index contributed by atoms with van der Waals surface area (Å²) in [5, 5.41) is 6.01. The average Bonchev–Trinajstić information content (AvgIpc) is 2.67. The second kappa shape index (κ2) is 11.3. The molecule has 0 aromatic carbocycles. The highest BCUT2D eigenvalue weighted by atomic mass is 16.2. The first-order valence-electron chi connectivity index (χ1n) is 10.3. The topological polar surface area (TPSA) is 64.7 Å². The average molecular weight is 365 g/mol. The minimum Gasteiger partial charge on any atom is -0.355 e. The lowest BCUT2D eigenvalue weighted by atomic mass is 9.97. The third kappa shape index (κ3) is 7.08. The van der Waals surface area contributed by atoms with E-state index in [1.54, 1.807) is 0 Å². The van der Waals surface area contributed by atoms with Gasteiger partial charge < -0.3 is 10.6 Å². The van der Waals surface area contributed by atoms with Gasteiger partial charge in [-0.25, -0.2) is 0 Å². The number of carbonyl (C=O) groups is 2. The van der Waals surface area contributed by atoms with Crippen molar-refractivity contribution in [3.05, 3.63) is 11.6 Å².